The van der Waals surface area contributed by atoms with Crippen molar-refractivity contribution in [2.75, 3.05) is 20.8 Å². The molecule has 0 aromatic heterocycles. The highest BCUT2D eigenvalue weighted by atomic mass is 16.7. The molecule has 0 amide bonds. The lowest BCUT2D eigenvalue weighted by atomic mass is 9.95. The quantitative estimate of drug-likeness (QED) is 0.842. The smallest absolute Gasteiger partial charge is 0.185 e. The van der Waals surface area contributed by atoms with Crippen LogP contribution >= 0.6 is 0 Å². The maximum Gasteiger partial charge on any atom is 0.185 e. The molecule has 6 nitrogen and oxygen atoms in total. The van der Waals surface area contributed by atoms with Crippen LogP contribution in [0.4, 0.5) is 0 Å². The summed E-state index contributed by atoms with van der Waals surface area (Å²) < 4.78 is 22.6. The summed E-state index contributed by atoms with van der Waals surface area (Å²) in [6.45, 7) is 0.398. The van der Waals surface area contributed by atoms with Gasteiger partial charge in [-0.2, -0.15) is 0 Å². The van der Waals surface area contributed by atoms with Gasteiger partial charge < -0.3 is 29.4 Å². The molecule has 0 radical (unpaired) electrons. The molecular weight excluding hydrogens is 274 g/mol. The summed E-state index contributed by atoms with van der Waals surface area (Å²) in [6, 6.07) is 9.47. The zero-order valence-electron chi connectivity index (χ0n) is 12.1. The van der Waals surface area contributed by atoms with E-state index in [1.165, 1.54) is 7.11 Å². The van der Waals surface area contributed by atoms with Gasteiger partial charge in [-0.3, -0.25) is 0 Å². The lowest BCUT2D eigenvalue weighted by Crippen LogP contribution is -2.65. The molecule has 0 spiro atoms. The first-order valence-corrected chi connectivity index (χ1v) is 7.10. The van der Waals surface area contributed by atoms with Gasteiger partial charge in [-0.05, 0) is 7.05 Å². The van der Waals surface area contributed by atoms with Gasteiger partial charge in [0.1, 0.15) is 18.3 Å². The van der Waals surface area contributed by atoms with E-state index in [0.29, 0.717) is 6.61 Å². The summed E-state index contributed by atoms with van der Waals surface area (Å²) in [4.78, 5) is 0. The molecule has 2 fully saturated rings. The summed E-state index contributed by atoms with van der Waals surface area (Å²) in [5, 5.41) is 13.4. The van der Waals surface area contributed by atoms with Crippen LogP contribution in [-0.4, -0.2) is 56.5 Å². The fraction of sp³-hybridized carbons (Fsp3) is 0.600. The molecule has 2 N–H and O–H groups in total. The van der Waals surface area contributed by atoms with E-state index in [2.05, 4.69) is 5.32 Å². The van der Waals surface area contributed by atoms with Gasteiger partial charge in [-0.1, -0.05) is 30.3 Å². The molecule has 116 valence electrons. The minimum atomic E-state index is -0.796. The largest absolute Gasteiger partial charge is 0.386 e. The fourth-order valence-corrected chi connectivity index (χ4v) is 2.91. The average Bonchev–Trinajstić information content (AvgIpc) is 2.54. The first kappa shape index (κ1) is 14.9. The second-order valence-electron chi connectivity index (χ2n) is 5.26. The second kappa shape index (κ2) is 6.39. The van der Waals surface area contributed by atoms with Crippen molar-refractivity contribution in [1.82, 2.24) is 5.32 Å². The summed E-state index contributed by atoms with van der Waals surface area (Å²) in [7, 11) is 3.30. The van der Waals surface area contributed by atoms with Crippen LogP contribution in [0.5, 0.6) is 0 Å². The Morgan fingerprint density at radius 3 is 2.67 bits per heavy atom. The Hall–Kier alpha value is -1.02. The van der Waals surface area contributed by atoms with Gasteiger partial charge in [0.15, 0.2) is 12.6 Å². The Kier molecular flexibility index (Phi) is 4.54. The molecule has 0 aliphatic carbocycles. The van der Waals surface area contributed by atoms with E-state index in [1.807, 2.05) is 30.3 Å². The molecule has 6 heteroatoms. The van der Waals surface area contributed by atoms with Gasteiger partial charge in [0.25, 0.3) is 0 Å². The molecule has 2 saturated heterocycles. The van der Waals surface area contributed by atoms with Crippen molar-refractivity contribution < 1.29 is 24.1 Å². The fourth-order valence-electron chi connectivity index (χ4n) is 2.91. The van der Waals surface area contributed by atoms with Crippen LogP contribution in [0.15, 0.2) is 30.3 Å². The molecular formula is C15H21NO5. The third-order valence-electron chi connectivity index (χ3n) is 4.01. The average molecular weight is 295 g/mol. The van der Waals surface area contributed by atoms with Crippen LogP contribution in [0.25, 0.3) is 0 Å². The van der Waals surface area contributed by atoms with Crippen molar-refractivity contribution in [2.24, 2.45) is 0 Å². The van der Waals surface area contributed by atoms with Crippen molar-refractivity contribution >= 4 is 0 Å². The Balaban J connectivity index is 1.77. The second-order valence-corrected chi connectivity index (χ2v) is 5.26. The lowest BCUT2D eigenvalue weighted by molar-refractivity contribution is -0.340. The number of likely N-dealkylation sites (N-methyl/N-ethyl adjacent to an activating group) is 1. The Morgan fingerprint density at radius 2 is 2.00 bits per heavy atom. The van der Waals surface area contributed by atoms with Crippen molar-refractivity contribution in [1.29, 1.82) is 0 Å². The number of ether oxygens (including phenoxy) is 4. The van der Waals surface area contributed by atoms with Gasteiger partial charge >= 0.3 is 0 Å². The lowest BCUT2D eigenvalue weighted by Gasteiger charge is -2.47. The van der Waals surface area contributed by atoms with Crippen molar-refractivity contribution in [3.63, 3.8) is 0 Å². The number of hydrogen-bond acceptors (Lipinski definition) is 6. The molecule has 0 saturated carbocycles. The Morgan fingerprint density at radius 1 is 1.24 bits per heavy atom. The molecule has 1 aromatic rings. The highest BCUT2D eigenvalue weighted by Gasteiger charge is 2.48. The zero-order valence-corrected chi connectivity index (χ0v) is 12.1. The molecule has 2 aliphatic heterocycles. The minimum absolute atomic E-state index is 0.268. The molecule has 21 heavy (non-hydrogen) atoms. The summed E-state index contributed by atoms with van der Waals surface area (Å²) in [5.41, 5.74) is 0.953. The highest BCUT2D eigenvalue weighted by Crippen LogP contribution is 2.33. The van der Waals surface area contributed by atoms with Gasteiger partial charge in [-0.25, -0.2) is 0 Å². The molecule has 0 bridgehead atoms. The normalized spacial score (nSPS) is 39.8. The summed E-state index contributed by atoms with van der Waals surface area (Å²) in [6.07, 6.45) is -2.48. The summed E-state index contributed by atoms with van der Waals surface area (Å²) >= 11 is 0. The number of fused-ring (bicyclic) bond motifs is 1. The van der Waals surface area contributed by atoms with Gasteiger partial charge in [0.2, 0.25) is 0 Å². The Bertz CT molecular complexity index is 457. The van der Waals surface area contributed by atoms with Crippen molar-refractivity contribution in [3.8, 4) is 0 Å². The first-order chi connectivity index (χ1) is 10.2. The predicted molar refractivity (Wildman–Crippen MR) is 74.5 cm³/mol. The third kappa shape index (κ3) is 2.83. The van der Waals surface area contributed by atoms with Crippen LogP contribution < -0.4 is 5.32 Å². The predicted octanol–water partition coefficient (Wildman–Crippen LogP) is 0.421. The molecule has 2 aliphatic rings. The molecule has 3 rings (SSSR count). The van der Waals surface area contributed by atoms with Crippen molar-refractivity contribution in [3.05, 3.63) is 35.9 Å². The van der Waals surface area contributed by atoms with Crippen LogP contribution in [-0.2, 0) is 18.9 Å². The van der Waals surface area contributed by atoms with Gasteiger partial charge in [-0.15, -0.1) is 0 Å². The van der Waals surface area contributed by atoms with Crippen LogP contribution in [0, 0.1) is 0 Å². The topological polar surface area (TPSA) is 69.2 Å². The zero-order chi connectivity index (χ0) is 14.8. The van der Waals surface area contributed by atoms with Crippen LogP contribution in [0.1, 0.15) is 11.9 Å². The van der Waals surface area contributed by atoms with E-state index in [-0.39, 0.29) is 18.2 Å². The minimum Gasteiger partial charge on any atom is -0.386 e. The van der Waals surface area contributed by atoms with Crippen molar-refractivity contribution in [2.45, 2.75) is 36.9 Å². The van der Waals surface area contributed by atoms with E-state index < -0.39 is 18.7 Å². The number of hydrogen-bond donors (Lipinski definition) is 2. The van der Waals surface area contributed by atoms with Gasteiger partial charge in [0, 0.05) is 12.7 Å². The van der Waals surface area contributed by atoms with Crippen LogP contribution in [0.2, 0.25) is 0 Å². The molecule has 1 aromatic carbocycles. The standard InChI is InChI=1S/C15H21NO5/c1-16-11-12(17)15(18-2)20-10-8-19-14(21-13(10)11)9-6-4-3-5-7-9/h3-7,10-17H,8H2,1-2H3/t10-,11+,12+,13-,14-,15+/m1/s1. The third-order valence-corrected chi connectivity index (χ3v) is 4.01. The first-order valence-electron chi connectivity index (χ1n) is 7.10. The van der Waals surface area contributed by atoms with E-state index in [0.717, 1.165) is 5.56 Å². The number of nitrogens with one attached hydrogen (secondary N) is 1. The number of aliphatic hydroxyl groups excluding tert-OH is 1. The number of aliphatic hydroxyl groups is 1. The molecule has 0 unspecified atom stereocenters. The van der Waals surface area contributed by atoms with E-state index in [9.17, 15) is 5.11 Å². The number of methoxy groups -OCH3 is 1. The van der Waals surface area contributed by atoms with E-state index >= 15 is 0 Å². The maximum atomic E-state index is 10.3. The van der Waals surface area contributed by atoms with Gasteiger partial charge in [0.05, 0.1) is 12.6 Å². The highest BCUT2D eigenvalue weighted by molar-refractivity contribution is 5.16. The maximum absolute atomic E-state index is 10.3. The number of rotatable bonds is 3. The van der Waals surface area contributed by atoms with E-state index in [4.69, 9.17) is 18.9 Å². The Labute approximate surface area is 124 Å². The summed E-state index contributed by atoms with van der Waals surface area (Å²) in [5.74, 6) is 0. The molecule has 6 atom stereocenters. The SMILES string of the molecule is CN[C@H]1[C@H](O)[C@@H](OC)O[C@@H]2CO[C@@H](c3ccccc3)O[C@@H]12. The van der Waals surface area contributed by atoms with E-state index in [1.54, 1.807) is 7.05 Å². The molecule has 2 heterocycles. The number of benzene rings is 1. The van der Waals surface area contributed by atoms with Crippen LogP contribution in [0.3, 0.4) is 0 Å². The monoisotopic (exact) mass is 295 g/mol.